The van der Waals surface area contributed by atoms with E-state index in [1.54, 1.807) is 0 Å². The summed E-state index contributed by atoms with van der Waals surface area (Å²) in [5.41, 5.74) is 0. The van der Waals surface area contributed by atoms with Gasteiger partial charge in [0.25, 0.3) is 0 Å². The van der Waals surface area contributed by atoms with Crippen LogP contribution in [0.1, 0.15) is 0 Å². The van der Waals surface area contributed by atoms with Crippen molar-refractivity contribution in [2.24, 2.45) is 0 Å². The molecule has 0 unspecified atom stereocenters. The van der Waals surface area contributed by atoms with E-state index in [0.29, 0.717) is 19.8 Å². The second-order valence-electron chi connectivity index (χ2n) is 1.47. The molecular formula is C5H10Cl2O3. The number of ether oxygens (including phenoxy) is 2. The van der Waals surface area contributed by atoms with Crippen molar-refractivity contribution in [1.29, 1.82) is 0 Å². The van der Waals surface area contributed by atoms with Gasteiger partial charge < -0.3 is 14.6 Å². The highest BCUT2D eigenvalue weighted by molar-refractivity contribution is 6.43. The van der Waals surface area contributed by atoms with Crippen LogP contribution >= 0.6 is 23.2 Å². The quantitative estimate of drug-likeness (QED) is 0.495. The fourth-order valence-electron chi connectivity index (χ4n) is 0.363. The second-order valence-corrected chi connectivity index (χ2v) is 2.48. The van der Waals surface area contributed by atoms with Crippen molar-refractivity contribution in [2.45, 2.75) is 5.02 Å². The zero-order valence-electron chi connectivity index (χ0n) is 5.43. The van der Waals surface area contributed by atoms with Crippen LogP contribution in [0.3, 0.4) is 0 Å². The van der Waals surface area contributed by atoms with Crippen molar-refractivity contribution >= 4 is 23.2 Å². The molecule has 5 heteroatoms. The molecule has 0 bridgehead atoms. The van der Waals surface area contributed by atoms with Crippen LogP contribution in [0.25, 0.3) is 0 Å². The van der Waals surface area contributed by atoms with E-state index < -0.39 is 5.02 Å². The van der Waals surface area contributed by atoms with Crippen molar-refractivity contribution in [1.82, 2.24) is 0 Å². The topological polar surface area (TPSA) is 38.7 Å². The van der Waals surface area contributed by atoms with Crippen LogP contribution < -0.4 is 0 Å². The molecule has 0 saturated heterocycles. The van der Waals surface area contributed by atoms with E-state index in [1.165, 1.54) is 0 Å². The molecule has 0 aromatic carbocycles. The molecule has 3 nitrogen and oxygen atoms in total. The van der Waals surface area contributed by atoms with E-state index in [4.69, 9.17) is 37.8 Å². The summed E-state index contributed by atoms with van der Waals surface area (Å²) in [5.74, 6) is 0. The molecule has 0 heterocycles. The molecule has 0 aromatic heterocycles. The van der Waals surface area contributed by atoms with Gasteiger partial charge in [0.1, 0.15) is 0 Å². The van der Waals surface area contributed by atoms with Crippen LogP contribution in [-0.4, -0.2) is 36.6 Å². The molecule has 62 valence electrons. The molecule has 0 aliphatic heterocycles. The van der Waals surface area contributed by atoms with Gasteiger partial charge >= 0.3 is 0 Å². The van der Waals surface area contributed by atoms with Gasteiger partial charge in [-0.25, -0.2) is 0 Å². The minimum absolute atomic E-state index is 0.0190. The highest BCUT2D eigenvalue weighted by Crippen LogP contribution is 2.01. The number of hydrogen-bond acceptors (Lipinski definition) is 3. The first kappa shape index (κ1) is 10.5. The van der Waals surface area contributed by atoms with Crippen LogP contribution in [0.5, 0.6) is 0 Å². The van der Waals surface area contributed by atoms with Gasteiger partial charge in [-0.1, -0.05) is 23.2 Å². The summed E-state index contributed by atoms with van der Waals surface area (Å²) in [6.45, 7) is 1.08. The Hall–Kier alpha value is 0.460. The molecule has 0 amide bonds. The number of halogens is 2. The first-order chi connectivity index (χ1) is 4.77. The Labute approximate surface area is 69.8 Å². The Morgan fingerprint density at radius 1 is 1.20 bits per heavy atom. The Balaban J connectivity index is 2.77. The predicted molar refractivity (Wildman–Crippen MR) is 39.4 cm³/mol. The maximum atomic E-state index is 8.26. The second kappa shape index (κ2) is 7.57. The lowest BCUT2D eigenvalue weighted by Crippen LogP contribution is -2.08. The fraction of sp³-hybridized carbons (Fsp3) is 1.00. The summed E-state index contributed by atoms with van der Waals surface area (Å²) in [4.78, 5) is 0. The Morgan fingerprint density at radius 2 is 1.90 bits per heavy atom. The average molecular weight is 189 g/mol. The Morgan fingerprint density at radius 3 is 2.40 bits per heavy atom. The van der Waals surface area contributed by atoms with Crippen LogP contribution in [-0.2, 0) is 9.47 Å². The molecule has 0 saturated carbocycles. The SMILES string of the molecule is OCCOCCOC(Cl)Cl. The lowest BCUT2D eigenvalue weighted by atomic mass is 10.7. The fourth-order valence-corrected chi connectivity index (χ4v) is 0.541. The van der Waals surface area contributed by atoms with Crippen LogP contribution in [0.4, 0.5) is 0 Å². The summed E-state index contributed by atoms with van der Waals surface area (Å²) in [6.07, 6.45) is 0. The van der Waals surface area contributed by atoms with Crippen molar-refractivity contribution in [3.05, 3.63) is 0 Å². The van der Waals surface area contributed by atoms with Gasteiger partial charge in [-0.05, 0) is 0 Å². The monoisotopic (exact) mass is 188 g/mol. The van der Waals surface area contributed by atoms with Gasteiger partial charge in [-0.2, -0.15) is 0 Å². The normalized spacial score (nSPS) is 10.8. The molecule has 0 aliphatic rings. The van der Waals surface area contributed by atoms with Gasteiger partial charge in [-0.3, -0.25) is 0 Å². The molecule has 0 aromatic rings. The number of alkyl halides is 2. The van der Waals surface area contributed by atoms with Crippen molar-refractivity contribution in [2.75, 3.05) is 26.4 Å². The summed E-state index contributed by atoms with van der Waals surface area (Å²) < 4.78 is 9.55. The van der Waals surface area contributed by atoms with E-state index in [0.717, 1.165) is 0 Å². The minimum Gasteiger partial charge on any atom is -0.394 e. The lowest BCUT2D eigenvalue weighted by Gasteiger charge is -2.03. The Kier molecular flexibility index (Phi) is 7.91. The maximum Gasteiger partial charge on any atom is 0.206 e. The summed E-state index contributed by atoms with van der Waals surface area (Å²) in [6, 6.07) is 0. The number of aliphatic hydroxyl groups is 1. The van der Waals surface area contributed by atoms with E-state index in [-0.39, 0.29) is 6.61 Å². The molecule has 0 fully saturated rings. The zero-order chi connectivity index (χ0) is 7.82. The third-order valence-corrected chi connectivity index (χ3v) is 0.959. The van der Waals surface area contributed by atoms with Gasteiger partial charge in [0.15, 0.2) is 0 Å². The third-order valence-electron chi connectivity index (χ3n) is 0.707. The largest absolute Gasteiger partial charge is 0.394 e. The van der Waals surface area contributed by atoms with Crippen LogP contribution in [0, 0.1) is 0 Å². The molecule has 0 radical (unpaired) electrons. The standard InChI is InChI=1S/C5H10Cl2O3/c6-5(7)10-4-3-9-2-1-8/h5,8H,1-4H2. The van der Waals surface area contributed by atoms with Gasteiger partial charge in [-0.15, -0.1) is 0 Å². The van der Waals surface area contributed by atoms with E-state index >= 15 is 0 Å². The Bertz CT molecular complexity index is 69.9. The zero-order valence-corrected chi connectivity index (χ0v) is 6.94. The smallest absolute Gasteiger partial charge is 0.206 e. The average Bonchev–Trinajstić information content (AvgIpc) is 1.87. The molecule has 0 aliphatic carbocycles. The predicted octanol–water partition coefficient (Wildman–Crippen LogP) is 0.773. The van der Waals surface area contributed by atoms with Crippen LogP contribution in [0.2, 0.25) is 0 Å². The van der Waals surface area contributed by atoms with Crippen molar-refractivity contribution in [3.63, 3.8) is 0 Å². The van der Waals surface area contributed by atoms with Crippen LogP contribution in [0.15, 0.2) is 0 Å². The molecule has 10 heavy (non-hydrogen) atoms. The summed E-state index contributed by atoms with van der Waals surface area (Å²) in [7, 11) is 0. The van der Waals surface area contributed by atoms with E-state index in [1.807, 2.05) is 0 Å². The third kappa shape index (κ3) is 8.46. The summed E-state index contributed by atoms with van der Waals surface area (Å²) in [5, 5.41) is 7.46. The van der Waals surface area contributed by atoms with Gasteiger partial charge in [0.2, 0.25) is 5.02 Å². The number of hydrogen-bond donors (Lipinski definition) is 1. The molecule has 0 atom stereocenters. The van der Waals surface area contributed by atoms with Gasteiger partial charge in [0.05, 0.1) is 26.4 Å². The summed E-state index contributed by atoms with van der Waals surface area (Å²) >= 11 is 10.5. The molecule has 0 rings (SSSR count). The lowest BCUT2D eigenvalue weighted by molar-refractivity contribution is 0.0387. The highest BCUT2D eigenvalue weighted by atomic mass is 35.5. The number of aliphatic hydroxyl groups excluding tert-OH is 1. The first-order valence-electron chi connectivity index (χ1n) is 2.85. The molecular weight excluding hydrogens is 179 g/mol. The molecule has 0 spiro atoms. The van der Waals surface area contributed by atoms with E-state index in [9.17, 15) is 0 Å². The van der Waals surface area contributed by atoms with E-state index in [2.05, 4.69) is 0 Å². The first-order valence-corrected chi connectivity index (χ1v) is 3.73. The van der Waals surface area contributed by atoms with Crippen molar-refractivity contribution < 1.29 is 14.6 Å². The van der Waals surface area contributed by atoms with Crippen molar-refractivity contribution in [3.8, 4) is 0 Å². The molecule has 1 N–H and O–H groups in total. The number of rotatable bonds is 6. The van der Waals surface area contributed by atoms with Gasteiger partial charge in [0, 0.05) is 0 Å². The highest BCUT2D eigenvalue weighted by Gasteiger charge is 1.95. The minimum atomic E-state index is -0.794. The maximum absolute atomic E-state index is 8.26.